The van der Waals surface area contributed by atoms with E-state index in [1.165, 1.54) is 0 Å². The van der Waals surface area contributed by atoms with Gasteiger partial charge in [-0.1, -0.05) is 0 Å². The van der Waals surface area contributed by atoms with Crippen molar-refractivity contribution in [3.05, 3.63) is 0 Å². The molecule has 0 bridgehead atoms. The van der Waals surface area contributed by atoms with E-state index in [2.05, 4.69) is 10.9 Å². The largest absolute Gasteiger partial charge is 0.313 e. The Labute approximate surface area is 74.3 Å². The molecule has 0 heterocycles. The third kappa shape index (κ3) is 7.34. The van der Waals surface area contributed by atoms with E-state index in [1.807, 2.05) is 0 Å². The standard InChI is InChI=1S/C6H10B2N2O2/c1-4(2-3-5(7)11)9-10-6(8)12/h4,9H,2-3H2,1H3,(H,10,12). The van der Waals surface area contributed by atoms with Crippen molar-refractivity contribution >= 4 is 27.2 Å². The van der Waals surface area contributed by atoms with E-state index in [0.717, 1.165) is 0 Å². The van der Waals surface area contributed by atoms with Gasteiger partial charge in [-0.05, 0) is 19.8 Å². The van der Waals surface area contributed by atoms with Crippen LogP contribution in [0.1, 0.15) is 19.8 Å². The highest BCUT2D eigenvalue weighted by Gasteiger charge is 2.02. The van der Waals surface area contributed by atoms with Crippen molar-refractivity contribution in [2.45, 2.75) is 25.8 Å². The second kappa shape index (κ2) is 5.83. The molecule has 4 nitrogen and oxygen atoms in total. The summed E-state index contributed by atoms with van der Waals surface area (Å²) in [5.41, 5.74) is 4.45. The highest BCUT2D eigenvalue weighted by molar-refractivity contribution is 6.57. The lowest BCUT2D eigenvalue weighted by atomic mass is 9.96. The first-order chi connectivity index (χ1) is 5.52. The van der Waals surface area contributed by atoms with Crippen molar-refractivity contribution in [2.24, 2.45) is 0 Å². The van der Waals surface area contributed by atoms with E-state index in [9.17, 15) is 9.59 Å². The predicted octanol–water partition coefficient (Wildman–Crippen LogP) is -0.767. The zero-order valence-corrected chi connectivity index (χ0v) is 6.96. The number of carbonyl (C=O) groups excluding carboxylic acids is 2. The van der Waals surface area contributed by atoms with Gasteiger partial charge in [0.15, 0.2) is 13.7 Å². The summed E-state index contributed by atoms with van der Waals surface area (Å²) in [6.45, 7) is 1.80. The third-order valence-electron chi connectivity index (χ3n) is 1.27. The average molecular weight is 164 g/mol. The average Bonchev–Trinajstić information content (AvgIpc) is 1.96. The molecule has 0 saturated carbocycles. The van der Waals surface area contributed by atoms with Gasteiger partial charge in [0.1, 0.15) is 0 Å². The summed E-state index contributed by atoms with van der Waals surface area (Å²) < 4.78 is 0. The Bertz CT molecular complexity index is 157. The summed E-state index contributed by atoms with van der Waals surface area (Å²) in [4.78, 5) is 20.5. The van der Waals surface area contributed by atoms with Gasteiger partial charge in [-0.25, -0.2) is 5.43 Å². The van der Waals surface area contributed by atoms with Crippen molar-refractivity contribution in [1.29, 1.82) is 0 Å². The molecule has 12 heavy (non-hydrogen) atoms. The Morgan fingerprint density at radius 1 is 1.42 bits per heavy atom. The second-order valence-corrected chi connectivity index (χ2v) is 2.54. The van der Waals surface area contributed by atoms with E-state index < -0.39 is 5.81 Å². The number of amides is 1. The zero-order valence-electron chi connectivity index (χ0n) is 6.96. The van der Waals surface area contributed by atoms with E-state index in [4.69, 9.17) is 15.7 Å². The summed E-state index contributed by atoms with van der Waals surface area (Å²) >= 11 is 0. The van der Waals surface area contributed by atoms with Crippen LogP contribution >= 0.6 is 0 Å². The summed E-state index contributed by atoms with van der Waals surface area (Å²) in [7, 11) is 9.71. The lowest BCUT2D eigenvalue weighted by molar-refractivity contribution is -0.111. The highest BCUT2D eigenvalue weighted by atomic mass is 16.2. The normalized spacial score (nSPS) is 12.1. The van der Waals surface area contributed by atoms with Crippen LogP contribution < -0.4 is 10.9 Å². The molecule has 4 radical (unpaired) electrons. The molecule has 0 saturated heterocycles. The molecule has 0 aromatic rings. The van der Waals surface area contributed by atoms with Crippen LogP contribution in [0.3, 0.4) is 0 Å². The molecule has 0 aromatic carbocycles. The molecule has 2 N–H and O–H groups in total. The Morgan fingerprint density at radius 3 is 2.42 bits per heavy atom. The topological polar surface area (TPSA) is 58.2 Å². The van der Waals surface area contributed by atoms with Crippen LogP contribution in [-0.4, -0.2) is 33.2 Å². The molecule has 0 fully saturated rings. The summed E-state index contributed by atoms with van der Waals surface area (Å²) in [5.74, 6) is -0.652. The van der Waals surface area contributed by atoms with Crippen LogP contribution in [0, 0.1) is 0 Å². The number of hydrogen-bond acceptors (Lipinski definition) is 3. The Morgan fingerprint density at radius 2 is 2.00 bits per heavy atom. The van der Waals surface area contributed by atoms with Crippen molar-refractivity contribution in [2.75, 3.05) is 0 Å². The predicted molar refractivity (Wildman–Crippen MR) is 46.9 cm³/mol. The van der Waals surface area contributed by atoms with Gasteiger partial charge in [-0.3, -0.25) is 4.79 Å². The minimum Gasteiger partial charge on any atom is -0.313 e. The molecule has 0 aromatic heterocycles. The molecule has 1 unspecified atom stereocenters. The first-order valence-corrected chi connectivity index (χ1v) is 3.61. The molecular formula is C6H10B2N2O2. The lowest BCUT2D eigenvalue weighted by Crippen LogP contribution is -2.42. The van der Waals surface area contributed by atoms with Crippen LogP contribution in [0.4, 0.5) is 4.79 Å². The quantitative estimate of drug-likeness (QED) is 0.414. The number of rotatable bonds is 5. The fourth-order valence-electron chi connectivity index (χ4n) is 0.625. The summed E-state index contributed by atoms with van der Waals surface area (Å²) in [6.07, 6.45) is 0.851. The van der Waals surface area contributed by atoms with Gasteiger partial charge in [0, 0.05) is 6.04 Å². The number of hydrogen-bond donors (Lipinski definition) is 2. The number of hydrazine groups is 1. The van der Waals surface area contributed by atoms with Gasteiger partial charge in [-0.2, -0.15) is 0 Å². The molecule has 6 heteroatoms. The Kier molecular flexibility index (Phi) is 5.45. The second-order valence-electron chi connectivity index (χ2n) is 2.54. The highest BCUT2D eigenvalue weighted by Crippen LogP contribution is 1.94. The van der Waals surface area contributed by atoms with Crippen molar-refractivity contribution < 1.29 is 9.59 Å². The van der Waals surface area contributed by atoms with Gasteiger partial charge in [0.25, 0.3) is 0 Å². The third-order valence-corrected chi connectivity index (χ3v) is 1.27. The van der Waals surface area contributed by atoms with E-state index in [-0.39, 0.29) is 18.1 Å². The first-order valence-electron chi connectivity index (χ1n) is 3.61. The first kappa shape index (κ1) is 11.2. The molecular weight excluding hydrogens is 154 g/mol. The Balaban J connectivity index is 3.39. The van der Waals surface area contributed by atoms with E-state index in [1.54, 1.807) is 6.92 Å². The molecule has 0 rings (SSSR count). The smallest absolute Gasteiger partial charge is 0.202 e. The van der Waals surface area contributed by atoms with Crippen LogP contribution in [-0.2, 0) is 4.79 Å². The molecule has 0 aliphatic rings. The summed E-state index contributed by atoms with van der Waals surface area (Å²) in [5, 5.41) is 0. The maximum atomic E-state index is 10.3. The minimum absolute atomic E-state index is 0.0231. The fraction of sp³-hybridized carbons (Fsp3) is 0.667. The minimum atomic E-state index is -0.652. The molecule has 0 spiro atoms. The lowest BCUT2D eigenvalue weighted by Gasteiger charge is -2.12. The monoisotopic (exact) mass is 164 g/mol. The number of nitrogens with one attached hydrogen (secondary N) is 2. The van der Waals surface area contributed by atoms with Gasteiger partial charge in [0.05, 0.1) is 5.68 Å². The van der Waals surface area contributed by atoms with Gasteiger partial charge in [-0.15, -0.1) is 0 Å². The summed E-state index contributed by atoms with van der Waals surface area (Å²) in [6, 6.07) is -0.0231. The van der Waals surface area contributed by atoms with Crippen molar-refractivity contribution in [3.63, 3.8) is 0 Å². The molecule has 1 atom stereocenters. The molecule has 0 aliphatic carbocycles. The van der Waals surface area contributed by atoms with Gasteiger partial charge >= 0.3 is 0 Å². The van der Waals surface area contributed by atoms with Gasteiger partial charge in [0.2, 0.25) is 7.85 Å². The number of carbonyl (C=O) groups is 2. The van der Waals surface area contributed by atoms with Crippen LogP contribution in [0.2, 0.25) is 0 Å². The maximum absolute atomic E-state index is 10.3. The van der Waals surface area contributed by atoms with Crippen LogP contribution in [0.5, 0.6) is 0 Å². The Hall–Kier alpha value is -0.770. The van der Waals surface area contributed by atoms with E-state index in [0.29, 0.717) is 6.42 Å². The zero-order chi connectivity index (χ0) is 9.56. The van der Waals surface area contributed by atoms with E-state index >= 15 is 0 Å². The van der Waals surface area contributed by atoms with Crippen molar-refractivity contribution in [3.8, 4) is 0 Å². The molecule has 0 aliphatic heterocycles. The van der Waals surface area contributed by atoms with Crippen molar-refractivity contribution in [1.82, 2.24) is 10.9 Å². The van der Waals surface area contributed by atoms with Crippen LogP contribution in [0.15, 0.2) is 0 Å². The van der Waals surface area contributed by atoms with Gasteiger partial charge < -0.3 is 10.2 Å². The fourth-order valence-corrected chi connectivity index (χ4v) is 0.625. The SMILES string of the molecule is [B]C(=O)CCC(C)NNC([B])=O. The molecule has 1 amide bonds. The van der Waals surface area contributed by atoms with Crippen LogP contribution in [0.25, 0.3) is 0 Å². The maximum Gasteiger partial charge on any atom is 0.202 e. The molecule has 62 valence electrons.